The van der Waals surface area contributed by atoms with E-state index in [9.17, 15) is 9.59 Å². The molecule has 2 aliphatic heterocycles. The van der Waals surface area contributed by atoms with Crippen LogP contribution in [0.1, 0.15) is 62.4 Å². The predicted octanol–water partition coefficient (Wildman–Crippen LogP) is 4.13. The van der Waals surface area contributed by atoms with Gasteiger partial charge in [0.25, 0.3) is 5.91 Å². The van der Waals surface area contributed by atoms with Crippen LogP contribution in [0.5, 0.6) is 5.75 Å². The zero-order chi connectivity index (χ0) is 23.2. The second kappa shape index (κ2) is 8.13. The number of pyridine rings is 1. The minimum absolute atomic E-state index is 0.0710. The summed E-state index contributed by atoms with van der Waals surface area (Å²) in [5.41, 5.74) is 1.07. The maximum Gasteiger partial charge on any atom is 0.251 e. The molecule has 7 heteroatoms. The van der Waals surface area contributed by atoms with Gasteiger partial charge in [-0.1, -0.05) is 0 Å². The van der Waals surface area contributed by atoms with Gasteiger partial charge in [-0.2, -0.15) is 0 Å². The Morgan fingerprint density at radius 2 is 1.94 bits per heavy atom. The van der Waals surface area contributed by atoms with Gasteiger partial charge in [-0.15, -0.1) is 0 Å². The maximum absolute atomic E-state index is 13.5. The molecular formula is C26H31N3O4. The number of ether oxygens (including phenoxy) is 2. The molecule has 2 fully saturated rings. The topological polar surface area (TPSA) is 80.8 Å². The van der Waals surface area contributed by atoms with E-state index >= 15 is 0 Å². The molecule has 0 radical (unpaired) electrons. The van der Waals surface area contributed by atoms with Crippen LogP contribution in [-0.2, 0) is 14.9 Å². The van der Waals surface area contributed by atoms with E-state index in [0.717, 1.165) is 24.1 Å². The third-order valence-electron chi connectivity index (χ3n) is 7.05. The number of hydrogen-bond donors (Lipinski definition) is 1. The Bertz CT molecular complexity index is 1090. The first kappa shape index (κ1) is 21.9. The van der Waals surface area contributed by atoms with Crippen LogP contribution >= 0.6 is 0 Å². The summed E-state index contributed by atoms with van der Waals surface area (Å²) in [7, 11) is 0. The standard InChI is InChI=1S/C26H31N3O4/c1-25(2)20-14-18(23(30)28-26(3)9-12-32-13-10-26)6-7-21(20)29(24(25)31)22-15-19(8-11-27-22)33-16-17-4-5-17/h6-8,11,14-15,17H,4-5,9-10,12-13,16H2,1-3H3,(H,28,30). The van der Waals surface area contributed by atoms with Crippen molar-refractivity contribution in [2.45, 2.75) is 57.4 Å². The number of fused-ring (bicyclic) bond motifs is 1. The van der Waals surface area contributed by atoms with Gasteiger partial charge in [-0.25, -0.2) is 4.98 Å². The summed E-state index contributed by atoms with van der Waals surface area (Å²) in [6.45, 7) is 7.83. The lowest BCUT2D eigenvalue weighted by molar-refractivity contribution is -0.121. The minimum Gasteiger partial charge on any atom is -0.493 e. The lowest BCUT2D eigenvalue weighted by Gasteiger charge is -2.34. The Kier molecular flexibility index (Phi) is 5.40. The van der Waals surface area contributed by atoms with Crippen molar-refractivity contribution < 1.29 is 19.1 Å². The normalized spacial score (nSPS) is 20.9. The summed E-state index contributed by atoms with van der Waals surface area (Å²) in [6.07, 6.45) is 5.67. The first-order valence-electron chi connectivity index (χ1n) is 11.8. The van der Waals surface area contributed by atoms with Crippen molar-refractivity contribution in [3.8, 4) is 5.75 Å². The van der Waals surface area contributed by atoms with Crippen molar-refractivity contribution in [1.29, 1.82) is 0 Å². The third kappa shape index (κ3) is 4.22. The van der Waals surface area contributed by atoms with Gasteiger partial charge in [-0.05, 0) is 82.2 Å². The highest BCUT2D eigenvalue weighted by atomic mass is 16.5. The number of carbonyl (C=O) groups is 2. The van der Waals surface area contributed by atoms with Gasteiger partial charge in [0, 0.05) is 36.6 Å². The van der Waals surface area contributed by atoms with E-state index in [-0.39, 0.29) is 17.4 Å². The molecule has 3 aliphatic rings. The van der Waals surface area contributed by atoms with Crippen molar-refractivity contribution in [2.75, 3.05) is 24.7 Å². The summed E-state index contributed by atoms with van der Waals surface area (Å²) in [6, 6.07) is 9.12. The maximum atomic E-state index is 13.5. The third-order valence-corrected chi connectivity index (χ3v) is 7.05. The van der Waals surface area contributed by atoms with Crippen molar-refractivity contribution in [1.82, 2.24) is 10.3 Å². The zero-order valence-corrected chi connectivity index (χ0v) is 19.5. The molecule has 3 heterocycles. The number of nitrogens with one attached hydrogen (secondary N) is 1. The van der Waals surface area contributed by atoms with Crippen molar-refractivity contribution in [2.24, 2.45) is 5.92 Å². The quantitative estimate of drug-likeness (QED) is 0.717. The molecule has 0 bridgehead atoms. The molecule has 1 saturated heterocycles. The molecule has 1 saturated carbocycles. The van der Waals surface area contributed by atoms with Gasteiger partial charge >= 0.3 is 0 Å². The summed E-state index contributed by atoms with van der Waals surface area (Å²) in [5, 5.41) is 3.17. The monoisotopic (exact) mass is 449 g/mol. The molecule has 33 heavy (non-hydrogen) atoms. The molecule has 0 atom stereocenters. The van der Waals surface area contributed by atoms with E-state index < -0.39 is 5.41 Å². The van der Waals surface area contributed by atoms with Gasteiger partial charge in [0.05, 0.1) is 17.7 Å². The van der Waals surface area contributed by atoms with Crippen LogP contribution in [0.15, 0.2) is 36.5 Å². The summed E-state index contributed by atoms with van der Waals surface area (Å²) in [4.78, 5) is 32.6. The predicted molar refractivity (Wildman–Crippen MR) is 125 cm³/mol. The molecule has 5 rings (SSSR count). The van der Waals surface area contributed by atoms with Gasteiger partial charge in [0.2, 0.25) is 5.91 Å². The summed E-state index contributed by atoms with van der Waals surface area (Å²) < 4.78 is 11.3. The Morgan fingerprint density at radius 3 is 2.67 bits per heavy atom. The number of carbonyl (C=O) groups excluding carboxylic acids is 2. The van der Waals surface area contributed by atoms with E-state index in [0.29, 0.717) is 42.9 Å². The summed E-state index contributed by atoms with van der Waals surface area (Å²) in [5.74, 6) is 1.69. The SMILES string of the molecule is CC1(NC(=O)c2ccc3c(c2)C(C)(C)C(=O)N3c2cc(OCC3CC3)ccn2)CCOCC1. The molecule has 0 unspecified atom stereocenters. The van der Waals surface area contributed by atoms with Crippen molar-refractivity contribution >= 4 is 23.3 Å². The van der Waals surface area contributed by atoms with E-state index in [2.05, 4.69) is 17.2 Å². The van der Waals surface area contributed by atoms with Gasteiger partial charge < -0.3 is 14.8 Å². The van der Waals surface area contributed by atoms with Crippen LogP contribution in [0, 0.1) is 5.92 Å². The highest BCUT2D eigenvalue weighted by molar-refractivity contribution is 6.12. The van der Waals surface area contributed by atoms with Crippen molar-refractivity contribution in [3.05, 3.63) is 47.7 Å². The molecule has 1 aromatic carbocycles. The Balaban J connectivity index is 1.42. The number of benzene rings is 1. The average molecular weight is 450 g/mol. The highest BCUT2D eigenvalue weighted by Crippen LogP contribution is 2.45. The van der Waals surface area contributed by atoms with E-state index in [1.54, 1.807) is 17.2 Å². The zero-order valence-electron chi connectivity index (χ0n) is 19.5. The van der Waals surface area contributed by atoms with E-state index in [1.165, 1.54) is 12.8 Å². The average Bonchev–Trinajstić information content (AvgIpc) is 3.60. The fourth-order valence-corrected chi connectivity index (χ4v) is 4.51. The van der Waals surface area contributed by atoms with E-state index in [1.807, 2.05) is 38.1 Å². The molecular weight excluding hydrogens is 418 g/mol. The molecule has 7 nitrogen and oxygen atoms in total. The molecule has 2 aromatic rings. The lowest BCUT2D eigenvalue weighted by atomic mass is 9.85. The molecule has 2 amide bonds. The molecule has 0 spiro atoms. The smallest absolute Gasteiger partial charge is 0.251 e. The number of rotatable bonds is 6. The molecule has 1 aliphatic carbocycles. The highest BCUT2D eigenvalue weighted by Gasteiger charge is 2.45. The lowest BCUT2D eigenvalue weighted by Crippen LogP contribution is -2.49. The first-order chi connectivity index (χ1) is 15.8. The van der Waals surface area contributed by atoms with Crippen LogP contribution in [-0.4, -0.2) is 42.2 Å². The van der Waals surface area contributed by atoms with E-state index in [4.69, 9.17) is 9.47 Å². The number of amides is 2. The Morgan fingerprint density at radius 1 is 1.18 bits per heavy atom. The number of anilines is 2. The second-order valence-corrected chi connectivity index (χ2v) is 10.2. The van der Waals surface area contributed by atoms with Gasteiger partial charge in [0.15, 0.2) is 0 Å². The second-order valence-electron chi connectivity index (χ2n) is 10.2. The molecule has 174 valence electrons. The molecule has 1 N–H and O–H groups in total. The number of nitrogens with zero attached hydrogens (tertiary/aromatic N) is 2. The van der Waals surface area contributed by atoms with Gasteiger partial charge in [-0.3, -0.25) is 14.5 Å². The minimum atomic E-state index is -0.777. The fraction of sp³-hybridized carbons (Fsp3) is 0.500. The number of hydrogen-bond acceptors (Lipinski definition) is 5. The van der Waals surface area contributed by atoms with Crippen LogP contribution in [0.2, 0.25) is 0 Å². The van der Waals surface area contributed by atoms with Crippen LogP contribution in [0.3, 0.4) is 0 Å². The van der Waals surface area contributed by atoms with Gasteiger partial charge in [0.1, 0.15) is 11.6 Å². The Labute approximate surface area is 194 Å². The fourth-order valence-electron chi connectivity index (χ4n) is 4.51. The van der Waals surface area contributed by atoms with Crippen LogP contribution < -0.4 is 15.0 Å². The Hall–Kier alpha value is -2.93. The summed E-state index contributed by atoms with van der Waals surface area (Å²) >= 11 is 0. The largest absolute Gasteiger partial charge is 0.493 e. The first-order valence-corrected chi connectivity index (χ1v) is 11.8. The van der Waals surface area contributed by atoms with Crippen LogP contribution in [0.4, 0.5) is 11.5 Å². The van der Waals surface area contributed by atoms with Crippen molar-refractivity contribution in [3.63, 3.8) is 0 Å². The number of aromatic nitrogens is 1. The molecule has 1 aromatic heterocycles. The van der Waals surface area contributed by atoms with Crippen LogP contribution in [0.25, 0.3) is 0 Å².